The molecule has 1 saturated heterocycles. The number of alkyl halides is 3. The highest BCUT2D eigenvalue weighted by Crippen LogP contribution is 2.35. The summed E-state index contributed by atoms with van der Waals surface area (Å²) in [7, 11) is 0. The molecule has 0 aliphatic carbocycles. The normalized spacial score (nSPS) is 17.0. The lowest BCUT2D eigenvalue weighted by Crippen LogP contribution is -2.37. The second kappa shape index (κ2) is 7.11. The molecule has 0 unspecified atom stereocenters. The van der Waals surface area contributed by atoms with E-state index in [9.17, 15) is 13.2 Å². The van der Waals surface area contributed by atoms with Gasteiger partial charge in [0.1, 0.15) is 5.82 Å². The third kappa shape index (κ3) is 4.33. The van der Waals surface area contributed by atoms with Gasteiger partial charge < -0.3 is 10.2 Å². The molecule has 0 spiro atoms. The number of rotatable bonds is 5. The van der Waals surface area contributed by atoms with Crippen LogP contribution in [0.1, 0.15) is 31.7 Å². The summed E-state index contributed by atoms with van der Waals surface area (Å²) >= 11 is 0. The molecule has 0 bridgehead atoms. The van der Waals surface area contributed by atoms with Gasteiger partial charge in [-0.25, -0.2) is 4.98 Å². The SMILES string of the molecule is CCCN(CC1CCNCC1)c1ncccc1C(F)(F)F. The molecule has 2 heterocycles. The lowest BCUT2D eigenvalue weighted by atomic mass is 9.97. The predicted octanol–water partition coefficient (Wildman–Crippen LogP) is 3.32. The van der Waals surface area contributed by atoms with Crippen LogP contribution in [0.3, 0.4) is 0 Å². The number of nitrogens with one attached hydrogen (secondary N) is 1. The van der Waals surface area contributed by atoms with Crippen LogP contribution in [-0.2, 0) is 6.18 Å². The van der Waals surface area contributed by atoms with Crippen LogP contribution in [0.25, 0.3) is 0 Å². The van der Waals surface area contributed by atoms with E-state index in [0.29, 0.717) is 19.0 Å². The molecule has 1 aliphatic rings. The zero-order chi connectivity index (χ0) is 15.3. The molecule has 1 aromatic rings. The molecule has 6 heteroatoms. The molecule has 21 heavy (non-hydrogen) atoms. The Morgan fingerprint density at radius 1 is 1.33 bits per heavy atom. The Labute approximate surface area is 123 Å². The van der Waals surface area contributed by atoms with E-state index in [1.807, 2.05) is 6.92 Å². The molecular formula is C15H22F3N3. The highest BCUT2D eigenvalue weighted by molar-refractivity contribution is 5.48. The number of piperidine rings is 1. The lowest BCUT2D eigenvalue weighted by molar-refractivity contribution is -0.137. The van der Waals surface area contributed by atoms with Gasteiger partial charge in [0.2, 0.25) is 0 Å². The summed E-state index contributed by atoms with van der Waals surface area (Å²) in [5, 5.41) is 3.28. The molecule has 0 atom stereocenters. The topological polar surface area (TPSA) is 28.2 Å². The van der Waals surface area contributed by atoms with E-state index < -0.39 is 11.7 Å². The van der Waals surface area contributed by atoms with Crippen molar-refractivity contribution in [1.82, 2.24) is 10.3 Å². The van der Waals surface area contributed by atoms with E-state index in [2.05, 4.69) is 10.3 Å². The second-order valence-corrected chi connectivity index (χ2v) is 5.51. The van der Waals surface area contributed by atoms with Gasteiger partial charge in [0.25, 0.3) is 0 Å². The fraction of sp³-hybridized carbons (Fsp3) is 0.667. The van der Waals surface area contributed by atoms with Crippen LogP contribution < -0.4 is 10.2 Å². The number of hydrogen-bond donors (Lipinski definition) is 1. The van der Waals surface area contributed by atoms with Gasteiger partial charge in [-0.05, 0) is 50.4 Å². The molecular weight excluding hydrogens is 279 g/mol. The van der Waals surface area contributed by atoms with Crippen molar-refractivity contribution < 1.29 is 13.2 Å². The average molecular weight is 301 g/mol. The average Bonchev–Trinajstić information content (AvgIpc) is 2.47. The number of anilines is 1. The Kier molecular flexibility index (Phi) is 5.45. The Hall–Kier alpha value is -1.30. The fourth-order valence-electron chi connectivity index (χ4n) is 2.80. The van der Waals surface area contributed by atoms with Crippen LogP contribution in [0.5, 0.6) is 0 Å². The van der Waals surface area contributed by atoms with Gasteiger partial charge in [-0.2, -0.15) is 13.2 Å². The van der Waals surface area contributed by atoms with Crippen molar-refractivity contribution in [3.05, 3.63) is 23.9 Å². The molecule has 0 aromatic carbocycles. The van der Waals surface area contributed by atoms with Crippen molar-refractivity contribution in [3.8, 4) is 0 Å². The van der Waals surface area contributed by atoms with Gasteiger partial charge in [-0.1, -0.05) is 6.92 Å². The van der Waals surface area contributed by atoms with Crippen molar-refractivity contribution in [2.45, 2.75) is 32.4 Å². The van der Waals surface area contributed by atoms with Crippen LogP contribution in [-0.4, -0.2) is 31.2 Å². The van der Waals surface area contributed by atoms with E-state index in [1.165, 1.54) is 12.3 Å². The quantitative estimate of drug-likeness (QED) is 0.904. The summed E-state index contributed by atoms with van der Waals surface area (Å²) in [5.41, 5.74) is -0.632. The zero-order valence-electron chi connectivity index (χ0n) is 12.3. The van der Waals surface area contributed by atoms with E-state index in [-0.39, 0.29) is 5.82 Å². The van der Waals surface area contributed by atoms with Crippen LogP contribution in [0, 0.1) is 5.92 Å². The molecule has 1 aromatic heterocycles. The number of hydrogen-bond acceptors (Lipinski definition) is 3. The number of pyridine rings is 1. The Bertz CT molecular complexity index is 442. The predicted molar refractivity (Wildman–Crippen MR) is 77.3 cm³/mol. The van der Waals surface area contributed by atoms with Crippen molar-refractivity contribution in [3.63, 3.8) is 0 Å². The summed E-state index contributed by atoms with van der Waals surface area (Å²) in [6, 6.07) is 2.47. The molecule has 1 N–H and O–H groups in total. The highest BCUT2D eigenvalue weighted by atomic mass is 19.4. The molecule has 2 rings (SSSR count). The maximum atomic E-state index is 13.2. The standard InChI is InChI=1S/C15H22F3N3/c1-2-10-21(11-12-5-8-19-9-6-12)14-13(15(16,17)18)4-3-7-20-14/h3-4,7,12,19H,2,5-6,8-11H2,1H3. The lowest BCUT2D eigenvalue weighted by Gasteiger charge is -2.32. The summed E-state index contributed by atoms with van der Waals surface area (Å²) in [6.45, 7) is 5.11. The summed E-state index contributed by atoms with van der Waals surface area (Å²) in [5.74, 6) is 0.506. The first-order valence-electron chi connectivity index (χ1n) is 7.50. The van der Waals surface area contributed by atoms with Crippen LogP contribution in [0.2, 0.25) is 0 Å². The molecule has 3 nitrogen and oxygen atoms in total. The van der Waals surface area contributed by atoms with Gasteiger partial charge in [-0.3, -0.25) is 0 Å². The summed E-state index contributed by atoms with van der Waals surface area (Å²) < 4.78 is 39.5. The molecule has 1 aliphatic heterocycles. The van der Waals surface area contributed by atoms with Crippen LogP contribution >= 0.6 is 0 Å². The minimum absolute atomic E-state index is 0.0744. The maximum absolute atomic E-state index is 13.2. The number of aromatic nitrogens is 1. The monoisotopic (exact) mass is 301 g/mol. The third-order valence-corrected chi connectivity index (χ3v) is 3.82. The Balaban J connectivity index is 2.21. The van der Waals surface area contributed by atoms with Crippen molar-refractivity contribution in [1.29, 1.82) is 0 Å². The molecule has 118 valence electrons. The fourth-order valence-corrected chi connectivity index (χ4v) is 2.80. The first-order valence-corrected chi connectivity index (χ1v) is 7.50. The first-order chi connectivity index (χ1) is 10.0. The zero-order valence-corrected chi connectivity index (χ0v) is 12.3. The minimum Gasteiger partial charge on any atom is -0.356 e. The minimum atomic E-state index is -4.36. The second-order valence-electron chi connectivity index (χ2n) is 5.51. The van der Waals surface area contributed by atoms with E-state index in [0.717, 1.165) is 38.4 Å². The molecule has 0 amide bonds. The van der Waals surface area contributed by atoms with Crippen molar-refractivity contribution in [2.24, 2.45) is 5.92 Å². The Morgan fingerprint density at radius 3 is 2.67 bits per heavy atom. The smallest absolute Gasteiger partial charge is 0.356 e. The van der Waals surface area contributed by atoms with Gasteiger partial charge in [0.15, 0.2) is 0 Å². The molecule has 1 fully saturated rings. The van der Waals surface area contributed by atoms with E-state index >= 15 is 0 Å². The van der Waals surface area contributed by atoms with Crippen LogP contribution in [0.4, 0.5) is 19.0 Å². The van der Waals surface area contributed by atoms with Gasteiger partial charge in [0, 0.05) is 19.3 Å². The van der Waals surface area contributed by atoms with E-state index in [4.69, 9.17) is 0 Å². The first kappa shape index (κ1) is 16.1. The van der Waals surface area contributed by atoms with Crippen LogP contribution in [0.15, 0.2) is 18.3 Å². The highest BCUT2D eigenvalue weighted by Gasteiger charge is 2.35. The summed E-state index contributed by atoms with van der Waals surface area (Å²) in [4.78, 5) is 5.82. The molecule has 0 radical (unpaired) electrons. The van der Waals surface area contributed by atoms with Gasteiger partial charge >= 0.3 is 6.18 Å². The van der Waals surface area contributed by atoms with Gasteiger partial charge in [0.05, 0.1) is 5.56 Å². The van der Waals surface area contributed by atoms with E-state index in [1.54, 1.807) is 4.90 Å². The third-order valence-electron chi connectivity index (χ3n) is 3.82. The van der Waals surface area contributed by atoms with Gasteiger partial charge in [-0.15, -0.1) is 0 Å². The number of nitrogens with zero attached hydrogens (tertiary/aromatic N) is 2. The largest absolute Gasteiger partial charge is 0.419 e. The summed E-state index contributed by atoms with van der Waals surface area (Å²) in [6.07, 6.45) is -0.0962. The van der Waals surface area contributed by atoms with Crippen molar-refractivity contribution >= 4 is 5.82 Å². The Morgan fingerprint density at radius 2 is 2.05 bits per heavy atom. The molecule has 0 saturated carbocycles. The van der Waals surface area contributed by atoms with Crippen molar-refractivity contribution in [2.75, 3.05) is 31.1 Å². The number of halogens is 3. The maximum Gasteiger partial charge on any atom is 0.419 e.